The first-order valence-electron chi connectivity index (χ1n) is 7.00. The first-order chi connectivity index (χ1) is 10.8. The summed E-state index contributed by atoms with van der Waals surface area (Å²) < 4.78 is 10.2. The Hall–Kier alpha value is -2.82. The van der Waals surface area contributed by atoms with Crippen LogP contribution in [0.25, 0.3) is 0 Å². The largest absolute Gasteiger partial charge is 0.482 e. The molecule has 0 unspecified atom stereocenters. The number of nitrogens with one attached hydrogen (secondary N) is 1. The van der Waals surface area contributed by atoms with Crippen molar-refractivity contribution >= 4 is 17.9 Å². The van der Waals surface area contributed by atoms with Crippen molar-refractivity contribution in [3.8, 4) is 5.75 Å². The highest BCUT2D eigenvalue weighted by Crippen LogP contribution is 2.12. The zero-order valence-electron chi connectivity index (χ0n) is 12.4. The molecule has 0 saturated carbocycles. The second-order valence-corrected chi connectivity index (χ2v) is 4.40. The molecule has 5 nitrogen and oxygen atoms in total. The summed E-state index contributed by atoms with van der Waals surface area (Å²) >= 11 is 0. The van der Waals surface area contributed by atoms with Crippen LogP contribution in [0.15, 0.2) is 59.7 Å². The predicted octanol–water partition coefficient (Wildman–Crippen LogP) is 3.07. The third-order valence-electron chi connectivity index (χ3n) is 2.70. The van der Waals surface area contributed by atoms with Gasteiger partial charge < -0.3 is 9.47 Å². The molecular weight excluding hydrogens is 280 g/mol. The maximum absolute atomic E-state index is 11.2. The molecule has 0 aromatic heterocycles. The molecule has 114 valence electrons. The SMILES string of the molecule is CCOC(=O)COc1cccc(C=NNc2ccccc2)c1. The molecule has 22 heavy (non-hydrogen) atoms. The topological polar surface area (TPSA) is 59.9 Å². The van der Waals surface area contributed by atoms with Crippen molar-refractivity contribution in [1.29, 1.82) is 0 Å². The minimum absolute atomic E-state index is 0.100. The van der Waals surface area contributed by atoms with E-state index in [1.807, 2.05) is 42.5 Å². The van der Waals surface area contributed by atoms with Crippen LogP contribution in [-0.2, 0) is 9.53 Å². The monoisotopic (exact) mass is 298 g/mol. The van der Waals surface area contributed by atoms with Gasteiger partial charge in [-0.05, 0) is 36.8 Å². The van der Waals surface area contributed by atoms with E-state index in [4.69, 9.17) is 9.47 Å². The fourth-order valence-electron chi connectivity index (χ4n) is 1.72. The smallest absolute Gasteiger partial charge is 0.344 e. The molecule has 0 heterocycles. The average Bonchev–Trinajstić information content (AvgIpc) is 2.55. The highest BCUT2D eigenvalue weighted by Gasteiger charge is 2.03. The summed E-state index contributed by atoms with van der Waals surface area (Å²) in [4.78, 5) is 11.2. The number of hydrogen-bond donors (Lipinski definition) is 1. The minimum Gasteiger partial charge on any atom is -0.482 e. The van der Waals surface area contributed by atoms with Gasteiger partial charge in [-0.15, -0.1) is 0 Å². The van der Waals surface area contributed by atoms with E-state index in [9.17, 15) is 4.79 Å². The normalized spacial score (nSPS) is 10.4. The van der Waals surface area contributed by atoms with Crippen LogP contribution in [0.3, 0.4) is 0 Å². The van der Waals surface area contributed by atoms with E-state index >= 15 is 0 Å². The lowest BCUT2D eigenvalue weighted by molar-refractivity contribution is -0.145. The van der Waals surface area contributed by atoms with Gasteiger partial charge in [0, 0.05) is 0 Å². The van der Waals surface area contributed by atoms with Gasteiger partial charge in [-0.25, -0.2) is 4.79 Å². The van der Waals surface area contributed by atoms with Crippen molar-refractivity contribution < 1.29 is 14.3 Å². The Morgan fingerprint density at radius 1 is 1.18 bits per heavy atom. The van der Waals surface area contributed by atoms with Gasteiger partial charge in [0.2, 0.25) is 0 Å². The molecule has 0 atom stereocenters. The van der Waals surface area contributed by atoms with Crippen LogP contribution < -0.4 is 10.2 Å². The van der Waals surface area contributed by atoms with Crippen LogP contribution in [0.4, 0.5) is 5.69 Å². The number of para-hydroxylation sites is 1. The number of esters is 1. The quantitative estimate of drug-likeness (QED) is 0.485. The number of nitrogens with zero attached hydrogens (tertiary/aromatic N) is 1. The number of anilines is 1. The molecule has 0 amide bonds. The average molecular weight is 298 g/mol. The van der Waals surface area contributed by atoms with Gasteiger partial charge in [-0.2, -0.15) is 5.10 Å². The fourth-order valence-corrected chi connectivity index (χ4v) is 1.72. The van der Waals surface area contributed by atoms with Gasteiger partial charge in [0.1, 0.15) is 5.75 Å². The van der Waals surface area contributed by atoms with E-state index in [0.29, 0.717) is 12.4 Å². The maximum Gasteiger partial charge on any atom is 0.344 e. The summed E-state index contributed by atoms with van der Waals surface area (Å²) in [7, 11) is 0. The van der Waals surface area contributed by atoms with Crippen molar-refractivity contribution in [2.75, 3.05) is 18.6 Å². The van der Waals surface area contributed by atoms with Gasteiger partial charge in [-0.3, -0.25) is 5.43 Å². The summed E-state index contributed by atoms with van der Waals surface area (Å²) in [6.07, 6.45) is 1.68. The third kappa shape index (κ3) is 5.28. The Morgan fingerprint density at radius 3 is 2.77 bits per heavy atom. The second-order valence-electron chi connectivity index (χ2n) is 4.40. The molecule has 0 saturated heterocycles. The number of rotatable bonds is 7. The van der Waals surface area contributed by atoms with Crippen LogP contribution in [0, 0.1) is 0 Å². The lowest BCUT2D eigenvalue weighted by atomic mass is 10.2. The maximum atomic E-state index is 11.2. The predicted molar refractivity (Wildman–Crippen MR) is 86.2 cm³/mol. The van der Waals surface area contributed by atoms with Crippen LogP contribution in [-0.4, -0.2) is 25.4 Å². The number of carbonyl (C=O) groups is 1. The van der Waals surface area contributed by atoms with Crippen molar-refractivity contribution in [1.82, 2.24) is 0 Å². The zero-order chi connectivity index (χ0) is 15.6. The standard InChI is InChI=1S/C17H18N2O3/c1-2-21-17(20)13-22-16-10-6-7-14(11-16)12-18-19-15-8-4-3-5-9-15/h3-12,19H,2,13H2,1H3. The zero-order valence-corrected chi connectivity index (χ0v) is 12.4. The van der Waals surface area contributed by atoms with Gasteiger partial charge in [0.15, 0.2) is 6.61 Å². The number of hydrogen-bond acceptors (Lipinski definition) is 5. The lowest BCUT2D eigenvalue weighted by Crippen LogP contribution is -2.14. The molecule has 1 N–H and O–H groups in total. The molecule has 0 radical (unpaired) electrons. The van der Waals surface area contributed by atoms with Crippen molar-refractivity contribution in [2.45, 2.75) is 6.92 Å². The molecule has 0 aliphatic rings. The van der Waals surface area contributed by atoms with Crippen molar-refractivity contribution in [2.24, 2.45) is 5.10 Å². The van der Waals surface area contributed by atoms with E-state index in [1.54, 1.807) is 25.3 Å². The van der Waals surface area contributed by atoms with E-state index < -0.39 is 0 Å². The van der Waals surface area contributed by atoms with Gasteiger partial charge >= 0.3 is 5.97 Å². The first-order valence-corrected chi connectivity index (χ1v) is 7.00. The Bertz CT molecular complexity index is 627. The second kappa shape index (κ2) is 8.46. The first kappa shape index (κ1) is 15.6. The molecule has 5 heteroatoms. The minimum atomic E-state index is -0.382. The molecule has 0 aliphatic heterocycles. The van der Waals surface area contributed by atoms with Gasteiger partial charge in [-0.1, -0.05) is 30.3 Å². The Morgan fingerprint density at radius 2 is 2.00 bits per heavy atom. The van der Waals surface area contributed by atoms with Crippen LogP contribution >= 0.6 is 0 Å². The van der Waals surface area contributed by atoms with E-state index in [0.717, 1.165) is 11.3 Å². The highest BCUT2D eigenvalue weighted by atomic mass is 16.6. The Kier molecular flexibility index (Phi) is 5.99. The molecule has 2 rings (SSSR count). The Labute approximate surface area is 129 Å². The summed E-state index contributed by atoms with van der Waals surface area (Å²) in [6.45, 7) is 2.01. The van der Waals surface area contributed by atoms with Crippen LogP contribution in [0.1, 0.15) is 12.5 Å². The summed E-state index contributed by atoms with van der Waals surface area (Å²) in [5.41, 5.74) is 4.71. The molecular formula is C17H18N2O3. The lowest BCUT2D eigenvalue weighted by Gasteiger charge is -2.06. The molecule has 0 bridgehead atoms. The Balaban J connectivity index is 1.89. The van der Waals surface area contributed by atoms with E-state index in [-0.39, 0.29) is 12.6 Å². The number of carbonyl (C=O) groups excluding carboxylic acids is 1. The summed E-state index contributed by atoms with van der Waals surface area (Å²) in [5.74, 6) is 0.212. The third-order valence-corrected chi connectivity index (χ3v) is 2.70. The van der Waals surface area contributed by atoms with E-state index in [2.05, 4.69) is 10.5 Å². The van der Waals surface area contributed by atoms with Gasteiger partial charge in [0.05, 0.1) is 18.5 Å². The number of benzene rings is 2. The highest BCUT2D eigenvalue weighted by molar-refractivity contribution is 5.81. The van der Waals surface area contributed by atoms with Crippen molar-refractivity contribution in [3.05, 3.63) is 60.2 Å². The van der Waals surface area contributed by atoms with Crippen molar-refractivity contribution in [3.63, 3.8) is 0 Å². The summed E-state index contributed by atoms with van der Waals surface area (Å²) in [6, 6.07) is 17.0. The summed E-state index contributed by atoms with van der Waals surface area (Å²) in [5, 5.41) is 4.16. The van der Waals surface area contributed by atoms with Crippen LogP contribution in [0.2, 0.25) is 0 Å². The molecule has 2 aromatic rings. The fraction of sp³-hybridized carbons (Fsp3) is 0.176. The number of hydrazone groups is 1. The molecule has 0 aliphatic carbocycles. The molecule has 0 fully saturated rings. The van der Waals surface area contributed by atoms with Crippen LogP contribution in [0.5, 0.6) is 5.75 Å². The van der Waals surface area contributed by atoms with E-state index in [1.165, 1.54) is 0 Å². The molecule has 2 aromatic carbocycles. The number of ether oxygens (including phenoxy) is 2. The van der Waals surface area contributed by atoms with Gasteiger partial charge in [0.25, 0.3) is 0 Å². The molecule has 0 spiro atoms.